The van der Waals surface area contributed by atoms with Crippen molar-refractivity contribution in [2.75, 3.05) is 28.2 Å². The van der Waals surface area contributed by atoms with Crippen LogP contribution in [0.25, 0.3) is 0 Å². The molecule has 58 heavy (non-hydrogen) atoms. The van der Waals surface area contributed by atoms with Crippen LogP contribution in [-0.2, 0) is 10.5 Å². The van der Waals surface area contributed by atoms with Gasteiger partial charge in [0.15, 0.2) is 11.6 Å². The molecule has 0 aromatic heterocycles. The first kappa shape index (κ1) is 47.6. The van der Waals surface area contributed by atoms with Crippen LogP contribution in [0, 0.1) is 36.7 Å². The SMILES string of the molecule is C[N+](C)(C)C.Cc1ccc(OS(=O)(=O)F)cc1.Cc1cccc(C)c1[O-].O=C(c1ccccc1)c1ccc(F)cc1.O=C(c1ccccc1)c1ccc([N+](=O)[O-])cc1. The van der Waals surface area contributed by atoms with Gasteiger partial charge in [0.2, 0.25) is 0 Å². The van der Waals surface area contributed by atoms with Gasteiger partial charge in [-0.05, 0) is 69.3 Å². The number of non-ortho nitro benzene ring substituents is 1. The summed E-state index contributed by atoms with van der Waals surface area (Å²) < 4.78 is 49.5. The number of halogens is 2. The molecule has 0 fully saturated rings. The van der Waals surface area contributed by atoms with Crippen molar-refractivity contribution in [3.05, 3.63) is 207 Å². The highest BCUT2D eigenvalue weighted by molar-refractivity contribution is 7.81. The molecule has 0 bridgehead atoms. The Kier molecular flexibility index (Phi) is 18.7. The molecule has 0 spiro atoms. The average molecular weight is 813 g/mol. The van der Waals surface area contributed by atoms with Gasteiger partial charge in [0.25, 0.3) is 5.69 Å². The zero-order chi connectivity index (χ0) is 43.5. The number of nitrogens with zero attached hydrogens (tertiary/aromatic N) is 2. The van der Waals surface area contributed by atoms with E-state index >= 15 is 0 Å². The fourth-order valence-corrected chi connectivity index (χ4v) is 4.70. The third-order valence-corrected chi connectivity index (χ3v) is 7.54. The van der Waals surface area contributed by atoms with E-state index in [9.17, 15) is 41.5 Å². The molecule has 0 saturated heterocycles. The van der Waals surface area contributed by atoms with Crippen molar-refractivity contribution in [1.82, 2.24) is 0 Å². The van der Waals surface area contributed by atoms with Crippen LogP contribution >= 0.6 is 0 Å². The van der Waals surface area contributed by atoms with Crippen molar-refractivity contribution in [3.63, 3.8) is 0 Å². The van der Waals surface area contributed by atoms with E-state index in [1.165, 1.54) is 60.7 Å². The summed E-state index contributed by atoms with van der Waals surface area (Å²) in [6.45, 7) is 5.48. The van der Waals surface area contributed by atoms with Gasteiger partial charge >= 0.3 is 10.5 Å². The number of nitro groups is 1. The maximum Gasteiger partial charge on any atom is 0.488 e. The molecule has 0 heterocycles. The lowest BCUT2D eigenvalue weighted by molar-refractivity contribution is -0.849. The number of rotatable bonds is 7. The van der Waals surface area contributed by atoms with Gasteiger partial charge < -0.3 is 13.8 Å². The molecular formula is C45H46F2N2O8S. The summed E-state index contributed by atoms with van der Waals surface area (Å²) >= 11 is 0. The lowest BCUT2D eigenvalue weighted by Gasteiger charge is -2.14. The first-order valence-corrected chi connectivity index (χ1v) is 18.9. The second kappa shape index (κ2) is 22.9. The second-order valence-corrected chi connectivity index (χ2v) is 14.8. The van der Waals surface area contributed by atoms with Crippen LogP contribution in [-0.4, -0.2) is 57.6 Å². The Labute approximate surface area is 338 Å². The zero-order valence-electron chi connectivity index (χ0n) is 33.3. The normalized spacial score (nSPS) is 10.3. The summed E-state index contributed by atoms with van der Waals surface area (Å²) in [5.74, 6) is -0.420. The number of benzene rings is 6. The van der Waals surface area contributed by atoms with Crippen molar-refractivity contribution in [1.29, 1.82) is 0 Å². The van der Waals surface area contributed by atoms with Gasteiger partial charge in [-0.25, -0.2) is 4.39 Å². The van der Waals surface area contributed by atoms with Crippen LogP contribution in [0.3, 0.4) is 0 Å². The van der Waals surface area contributed by atoms with Crippen LogP contribution in [0.2, 0.25) is 0 Å². The largest absolute Gasteiger partial charge is 0.872 e. The zero-order valence-corrected chi connectivity index (χ0v) is 34.1. The van der Waals surface area contributed by atoms with Crippen molar-refractivity contribution < 1.29 is 45.0 Å². The molecule has 13 heteroatoms. The van der Waals surface area contributed by atoms with Crippen LogP contribution < -0.4 is 9.29 Å². The Hall–Kier alpha value is -6.57. The summed E-state index contributed by atoms with van der Waals surface area (Å²) in [6.07, 6.45) is 0. The molecule has 0 radical (unpaired) electrons. The van der Waals surface area contributed by atoms with Crippen LogP contribution in [0.15, 0.2) is 152 Å². The lowest BCUT2D eigenvalue weighted by atomic mass is 10.0. The van der Waals surface area contributed by atoms with Gasteiger partial charge in [0.05, 0.1) is 33.1 Å². The highest BCUT2D eigenvalue weighted by atomic mass is 32.3. The van der Waals surface area contributed by atoms with E-state index < -0.39 is 15.4 Å². The third-order valence-electron chi connectivity index (χ3n) is 7.14. The fourth-order valence-electron chi connectivity index (χ4n) is 4.36. The molecule has 0 aliphatic rings. The Morgan fingerprint density at radius 2 is 0.948 bits per heavy atom. The number of hydrogen-bond acceptors (Lipinski definition) is 8. The molecule has 0 saturated carbocycles. The number of ketones is 2. The minimum atomic E-state index is -4.89. The molecule has 0 aliphatic carbocycles. The van der Waals surface area contributed by atoms with Crippen LogP contribution in [0.1, 0.15) is 48.5 Å². The second-order valence-electron chi connectivity index (χ2n) is 13.9. The number of para-hydroxylation sites is 1. The summed E-state index contributed by atoms with van der Waals surface area (Å²) in [5, 5.41) is 21.4. The first-order chi connectivity index (χ1) is 27.1. The predicted octanol–water partition coefficient (Wildman–Crippen LogP) is 9.17. The van der Waals surface area contributed by atoms with Crippen LogP contribution in [0.4, 0.5) is 14.0 Å². The molecule has 10 nitrogen and oxygen atoms in total. The molecular weight excluding hydrogens is 767 g/mol. The number of carbonyl (C=O) groups excluding carboxylic acids is 2. The molecule has 0 unspecified atom stereocenters. The number of hydrogen-bond donors (Lipinski definition) is 0. The maximum atomic E-state index is 12.6. The highest BCUT2D eigenvalue weighted by Gasteiger charge is 2.11. The molecule has 6 aromatic rings. The van der Waals surface area contributed by atoms with Gasteiger partial charge in [-0.15, -0.1) is 5.75 Å². The lowest BCUT2D eigenvalue weighted by Crippen LogP contribution is -2.27. The van der Waals surface area contributed by atoms with Crippen molar-refractivity contribution in [2.45, 2.75) is 20.8 Å². The van der Waals surface area contributed by atoms with E-state index in [0.717, 1.165) is 21.2 Å². The van der Waals surface area contributed by atoms with Crippen molar-refractivity contribution >= 4 is 27.8 Å². The van der Waals surface area contributed by atoms with Gasteiger partial charge in [0.1, 0.15) is 11.6 Å². The molecule has 0 amide bonds. The molecule has 304 valence electrons. The highest BCUT2D eigenvalue weighted by Crippen LogP contribution is 2.17. The van der Waals surface area contributed by atoms with Gasteiger partial charge in [-0.3, -0.25) is 19.7 Å². The van der Waals surface area contributed by atoms with E-state index in [-0.39, 0.29) is 34.6 Å². The minimum absolute atomic E-state index is 0.0189. The molecule has 6 aromatic carbocycles. The molecule has 0 N–H and O–H groups in total. The van der Waals surface area contributed by atoms with Crippen molar-refractivity contribution in [2.24, 2.45) is 0 Å². The van der Waals surface area contributed by atoms with E-state index in [1.54, 1.807) is 60.7 Å². The number of quaternary nitrogens is 1. The van der Waals surface area contributed by atoms with E-state index in [2.05, 4.69) is 32.4 Å². The quantitative estimate of drug-likeness (QED) is 0.0511. The van der Waals surface area contributed by atoms with E-state index in [4.69, 9.17) is 0 Å². The topological polar surface area (TPSA) is 144 Å². The summed E-state index contributed by atoms with van der Waals surface area (Å²) in [6, 6.07) is 40.5. The standard InChI is InChI=1S/C13H9FO.C13H9NO3.C8H10O.C7H7FO3S.C4H12N/c14-12-8-6-11(7-9-12)13(15)10-4-2-1-3-5-10;15-13(10-4-2-1-3-5-10)11-6-8-12(9-7-11)14(16)17;1-6-4-3-5-7(2)8(6)9;1-6-2-4-7(5-3-6)11-12(8,9)10;1-5(2,3)4/h1-9H;1-9H;3-5,9H,1-2H3;2-5H,1H3;1-4H3/q;;;;+1/p-1. The number of aryl methyl sites for hydroxylation is 3. The van der Waals surface area contributed by atoms with Gasteiger partial charge in [-0.2, -0.15) is 8.42 Å². The average Bonchev–Trinajstić information content (AvgIpc) is 3.18. The van der Waals surface area contributed by atoms with E-state index in [1.807, 2.05) is 51.1 Å². The minimum Gasteiger partial charge on any atom is -0.872 e. The Morgan fingerprint density at radius 1 is 0.586 bits per heavy atom. The number of carbonyl (C=O) groups is 2. The summed E-state index contributed by atoms with van der Waals surface area (Å²) in [5.41, 5.74) is 4.72. The first-order valence-electron chi connectivity index (χ1n) is 17.6. The van der Waals surface area contributed by atoms with Gasteiger partial charge in [0, 0.05) is 34.4 Å². The van der Waals surface area contributed by atoms with Crippen LogP contribution in [0.5, 0.6) is 11.5 Å². The fraction of sp³-hybridized carbons (Fsp3) is 0.156. The Balaban J connectivity index is 0.000000262. The monoisotopic (exact) mass is 812 g/mol. The maximum absolute atomic E-state index is 12.6. The molecule has 0 atom stereocenters. The van der Waals surface area contributed by atoms with Crippen molar-refractivity contribution in [3.8, 4) is 11.5 Å². The third kappa shape index (κ3) is 18.8. The summed E-state index contributed by atoms with van der Waals surface area (Å²) in [7, 11) is 3.61. The molecule has 0 aliphatic heterocycles. The smallest absolute Gasteiger partial charge is 0.488 e. The van der Waals surface area contributed by atoms with Gasteiger partial charge in [-0.1, -0.05) is 112 Å². The van der Waals surface area contributed by atoms with E-state index in [0.29, 0.717) is 22.3 Å². The Bertz CT molecular complexity index is 2290. The number of nitro benzene ring substituents is 1. The summed E-state index contributed by atoms with van der Waals surface area (Å²) in [4.78, 5) is 33.8. The predicted molar refractivity (Wildman–Crippen MR) is 220 cm³/mol. The Morgan fingerprint density at radius 3 is 1.29 bits per heavy atom. The molecule has 6 rings (SSSR count).